The molecule has 0 atom stereocenters. The van der Waals surface area contributed by atoms with Gasteiger partial charge < -0.3 is 15.4 Å². The number of nitrogens with one attached hydrogen (secondary N) is 2. The van der Waals surface area contributed by atoms with Gasteiger partial charge in [0.05, 0.1) is 11.3 Å². The van der Waals surface area contributed by atoms with Gasteiger partial charge in [-0.15, -0.1) is 0 Å². The van der Waals surface area contributed by atoms with Crippen molar-refractivity contribution in [1.29, 1.82) is 0 Å². The average Bonchev–Trinajstić information content (AvgIpc) is 2.55. The third-order valence-electron chi connectivity index (χ3n) is 2.96. The first-order valence-corrected chi connectivity index (χ1v) is 7.49. The Bertz CT molecular complexity index is 737. The number of amides is 1. The van der Waals surface area contributed by atoms with E-state index in [4.69, 9.17) is 4.74 Å². The number of benzene rings is 2. The van der Waals surface area contributed by atoms with Gasteiger partial charge in [0.1, 0.15) is 5.82 Å². The third kappa shape index (κ3) is 4.53. The Morgan fingerprint density at radius 2 is 1.91 bits per heavy atom. The molecule has 0 bridgehead atoms. The molecule has 0 aliphatic carbocycles. The van der Waals surface area contributed by atoms with Gasteiger partial charge in [-0.1, -0.05) is 28.1 Å². The molecule has 0 fully saturated rings. The van der Waals surface area contributed by atoms with Gasteiger partial charge in [0.2, 0.25) is 0 Å². The molecule has 7 heteroatoms. The number of para-hydroxylation sites is 1. The number of hydrogen-bond acceptors (Lipinski definition) is 4. The van der Waals surface area contributed by atoms with Crippen LogP contribution in [0.2, 0.25) is 0 Å². The van der Waals surface area contributed by atoms with E-state index >= 15 is 0 Å². The lowest BCUT2D eigenvalue weighted by Gasteiger charge is -2.10. The van der Waals surface area contributed by atoms with Crippen LogP contribution in [-0.4, -0.2) is 25.5 Å². The zero-order chi connectivity index (χ0) is 16.8. The van der Waals surface area contributed by atoms with Gasteiger partial charge in [0, 0.05) is 17.2 Å². The van der Waals surface area contributed by atoms with Crippen molar-refractivity contribution in [2.24, 2.45) is 0 Å². The number of carbonyl (C=O) groups excluding carboxylic acids is 2. The SMILES string of the molecule is CNc1ccccc1C(=O)OCC(=O)Nc1ccc(Br)cc1F. The summed E-state index contributed by atoms with van der Waals surface area (Å²) >= 11 is 3.12. The zero-order valence-electron chi connectivity index (χ0n) is 12.2. The van der Waals surface area contributed by atoms with E-state index in [2.05, 4.69) is 26.6 Å². The Morgan fingerprint density at radius 3 is 2.61 bits per heavy atom. The fourth-order valence-electron chi connectivity index (χ4n) is 1.87. The molecular weight excluding hydrogens is 367 g/mol. The topological polar surface area (TPSA) is 67.4 Å². The van der Waals surface area contributed by atoms with Crippen molar-refractivity contribution in [1.82, 2.24) is 0 Å². The molecule has 2 N–H and O–H groups in total. The molecule has 2 aromatic rings. The highest BCUT2D eigenvalue weighted by atomic mass is 79.9. The second-order valence-electron chi connectivity index (χ2n) is 4.54. The normalized spacial score (nSPS) is 10.0. The molecule has 0 saturated carbocycles. The standard InChI is InChI=1S/C16H14BrFN2O3/c1-19-13-5-3-2-4-11(13)16(22)23-9-15(21)20-14-7-6-10(17)8-12(14)18/h2-8,19H,9H2,1H3,(H,20,21). The lowest BCUT2D eigenvalue weighted by atomic mass is 10.2. The molecule has 2 aromatic carbocycles. The summed E-state index contributed by atoms with van der Waals surface area (Å²) in [6.07, 6.45) is 0. The molecule has 23 heavy (non-hydrogen) atoms. The first kappa shape index (κ1) is 17.0. The zero-order valence-corrected chi connectivity index (χ0v) is 13.8. The highest BCUT2D eigenvalue weighted by Crippen LogP contribution is 2.19. The Balaban J connectivity index is 1.95. The molecule has 0 aromatic heterocycles. The minimum atomic E-state index is -0.638. The molecule has 0 spiro atoms. The number of carbonyl (C=O) groups is 2. The lowest BCUT2D eigenvalue weighted by Crippen LogP contribution is -2.21. The first-order chi connectivity index (χ1) is 11.0. The maximum atomic E-state index is 13.6. The van der Waals surface area contributed by atoms with E-state index in [1.807, 2.05) is 0 Å². The summed E-state index contributed by atoms with van der Waals surface area (Å²) in [5, 5.41) is 5.21. The summed E-state index contributed by atoms with van der Waals surface area (Å²) in [6, 6.07) is 11.0. The van der Waals surface area contributed by atoms with Crippen LogP contribution in [0.5, 0.6) is 0 Å². The minimum Gasteiger partial charge on any atom is -0.452 e. The number of anilines is 2. The number of halogens is 2. The summed E-state index contributed by atoms with van der Waals surface area (Å²) < 4.78 is 19.1. The number of rotatable bonds is 5. The van der Waals surface area contributed by atoms with Crippen LogP contribution >= 0.6 is 15.9 Å². The smallest absolute Gasteiger partial charge is 0.340 e. The lowest BCUT2D eigenvalue weighted by molar-refractivity contribution is -0.119. The van der Waals surface area contributed by atoms with Gasteiger partial charge in [-0.2, -0.15) is 0 Å². The van der Waals surface area contributed by atoms with Gasteiger partial charge in [-0.05, 0) is 30.3 Å². The molecule has 0 aliphatic heterocycles. The van der Waals surface area contributed by atoms with E-state index in [1.54, 1.807) is 37.4 Å². The van der Waals surface area contributed by atoms with E-state index in [1.165, 1.54) is 12.1 Å². The Hall–Kier alpha value is -2.41. The van der Waals surface area contributed by atoms with Crippen LogP contribution < -0.4 is 10.6 Å². The van der Waals surface area contributed by atoms with E-state index in [-0.39, 0.29) is 5.69 Å². The van der Waals surface area contributed by atoms with Crippen molar-refractivity contribution in [3.8, 4) is 0 Å². The van der Waals surface area contributed by atoms with Crippen molar-refractivity contribution in [3.63, 3.8) is 0 Å². The second-order valence-corrected chi connectivity index (χ2v) is 5.46. The molecule has 0 unspecified atom stereocenters. The van der Waals surface area contributed by atoms with Gasteiger partial charge in [-0.3, -0.25) is 4.79 Å². The van der Waals surface area contributed by atoms with E-state index in [0.717, 1.165) is 0 Å². The van der Waals surface area contributed by atoms with Crippen LogP contribution in [0.15, 0.2) is 46.9 Å². The minimum absolute atomic E-state index is 0.0184. The Morgan fingerprint density at radius 1 is 1.17 bits per heavy atom. The molecule has 0 radical (unpaired) electrons. The van der Waals surface area contributed by atoms with Crippen LogP contribution in [0.25, 0.3) is 0 Å². The van der Waals surface area contributed by atoms with Gasteiger partial charge in [0.25, 0.3) is 5.91 Å². The van der Waals surface area contributed by atoms with Crippen LogP contribution in [0, 0.1) is 5.82 Å². The fraction of sp³-hybridized carbons (Fsp3) is 0.125. The predicted octanol–water partition coefficient (Wildman–Crippen LogP) is 3.43. The summed E-state index contributed by atoms with van der Waals surface area (Å²) in [5.41, 5.74) is 0.930. The Labute approximate surface area is 141 Å². The van der Waals surface area contributed by atoms with Crippen molar-refractivity contribution in [2.75, 3.05) is 24.3 Å². The highest BCUT2D eigenvalue weighted by Gasteiger charge is 2.14. The van der Waals surface area contributed by atoms with Crippen LogP contribution in [0.1, 0.15) is 10.4 Å². The number of ether oxygens (including phenoxy) is 1. The van der Waals surface area contributed by atoms with Crippen molar-refractivity contribution in [3.05, 3.63) is 58.3 Å². The predicted molar refractivity (Wildman–Crippen MR) is 89.0 cm³/mol. The molecule has 0 saturated heterocycles. The third-order valence-corrected chi connectivity index (χ3v) is 3.45. The quantitative estimate of drug-likeness (QED) is 0.779. The highest BCUT2D eigenvalue weighted by molar-refractivity contribution is 9.10. The maximum Gasteiger partial charge on any atom is 0.340 e. The largest absolute Gasteiger partial charge is 0.452 e. The molecular formula is C16H14BrFN2O3. The van der Waals surface area contributed by atoms with E-state index in [9.17, 15) is 14.0 Å². The summed E-state index contributed by atoms with van der Waals surface area (Å²) in [7, 11) is 1.68. The van der Waals surface area contributed by atoms with Crippen LogP contribution in [0.4, 0.5) is 15.8 Å². The van der Waals surface area contributed by atoms with E-state index < -0.39 is 24.3 Å². The van der Waals surface area contributed by atoms with Crippen LogP contribution in [0.3, 0.4) is 0 Å². The molecule has 1 amide bonds. The van der Waals surface area contributed by atoms with Crippen molar-refractivity contribution in [2.45, 2.75) is 0 Å². The van der Waals surface area contributed by atoms with Crippen molar-refractivity contribution < 1.29 is 18.7 Å². The maximum absolute atomic E-state index is 13.6. The molecule has 0 heterocycles. The molecule has 2 rings (SSSR count). The molecule has 5 nitrogen and oxygen atoms in total. The molecule has 120 valence electrons. The van der Waals surface area contributed by atoms with Crippen molar-refractivity contribution >= 4 is 39.2 Å². The number of hydrogen-bond donors (Lipinski definition) is 2. The van der Waals surface area contributed by atoms with Gasteiger partial charge in [-0.25, -0.2) is 9.18 Å². The monoisotopic (exact) mass is 380 g/mol. The van der Waals surface area contributed by atoms with Crippen LogP contribution in [-0.2, 0) is 9.53 Å². The molecule has 0 aliphatic rings. The fourth-order valence-corrected chi connectivity index (χ4v) is 2.20. The number of esters is 1. The average molecular weight is 381 g/mol. The summed E-state index contributed by atoms with van der Waals surface area (Å²) in [5.74, 6) is -1.84. The first-order valence-electron chi connectivity index (χ1n) is 6.70. The summed E-state index contributed by atoms with van der Waals surface area (Å²) in [4.78, 5) is 23.7. The summed E-state index contributed by atoms with van der Waals surface area (Å²) in [6.45, 7) is -0.508. The van der Waals surface area contributed by atoms with Gasteiger partial charge >= 0.3 is 5.97 Å². The van der Waals surface area contributed by atoms with Gasteiger partial charge in [0.15, 0.2) is 6.61 Å². The Kier molecular flexibility index (Phi) is 5.70. The second kappa shape index (κ2) is 7.73. The van der Waals surface area contributed by atoms with E-state index in [0.29, 0.717) is 15.7 Å².